The molecule has 2 N–H and O–H groups in total. The number of rotatable bonds is 6. The first-order chi connectivity index (χ1) is 12.2. The first kappa shape index (κ1) is 17.2. The molecule has 1 fully saturated rings. The number of nitrogens with one attached hydrogen (secondary N) is 2. The summed E-state index contributed by atoms with van der Waals surface area (Å²) in [5, 5.41) is 5.86. The summed E-state index contributed by atoms with van der Waals surface area (Å²) in [5.74, 6) is -0.508. The van der Waals surface area contributed by atoms with Crippen LogP contribution in [0.2, 0.25) is 0 Å². The van der Waals surface area contributed by atoms with E-state index in [9.17, 15) is 13.7 Å². The molecule has 1 aliphatic heterocycles. The van der Waals surface area contributed by atoms with Crippen LogP contribution in [-0.2, 0) is 4.74 Å². The molecule has 8 heteroatoms. The number of nitrogens with zero attached hydrogens (tertiary/aromatic N) is 2. The zero-order chi connectivity index (χ0) is 17.6. The molecule has 0 spiro atoms. The lowest BCUT2D eigenvalue weighted by Crippen LogP contribution is -2.23. The summed E-state index contributed by atoms with van der Waals surface area (Å²) < 4.78 is 32.2. The van der Waals surface area contributed by atoms with E-state index < -0.39 is 11.6 Å². The van der Waals surface area contributed by atoms with Gasteiger partial charge in [-0.1, -0.05) is 0 Å². The van der Waals surface area contributed by atoms with Gasteiger partial charge in [0, 0.05) is 31.4 Å². The molecule has 0 aliphatic carbocycles. The Bertz CT molecular complexity index is 731. The van der Waals surface area contributed by atoms with Gasteiger partial charge in [0.15, 0.2) is 5.82 Å². The lowest BCUT2D eigenvalue weighted by atomic mass is 10.0. The zero-order valence-electron chi connectivity index (χ0n) is 13.5. The van der Waals surface area contributed by atoms with Crippen molar-refractivity contribution in [2.24, 2.45) is 11.2 Å². The van der Waals surface area contributed by atoms with Crippen LogP contribution in [-0.4, -0.2) is 24.7 Å². The van der Waals surface area contributed by atoms with Gasteiger partial charge < -0.3 is 10.1 Å². The van der Waals surface area contributed by atoms with E-state index in [4.69, 9.17) is 4.74 Å². The minimum atomic E-state index is -0.676. The highest BCUT2D eigenvalue weighted by Gasteiger charge is 2.15. The Morgan fingerprint density at radius 1 is 1.16 bits per heavy atom. The van der Waals surface area contributed by atoms with Gasteiger partial charge in [0.05, 0.1) is 11.0 Å². The number of halogens is 2. The van der Waals surface area contributed by atoms with E-state index in [0.29, 0.717) is 35.2 Å². The second kappa shape index (κ2) is 7.98. The summed E-state index contributed by atoms with van der Waals surface area (Å²) >= 11 is 0. The lowest BCUT2D eigenvalue weighted by molar-refractivity contribution is 0.0699. The molecular formula is C17H18F2N4O2. The Labute approximate surface area is 143 Å². The van der Waals surface area contributed by atoms with Crippen molar-refractivity contribution in [1.29, 1.82) is 0 Å². The zero-order valence-corrected chi connectivity index (χ0v) is 13.5. The summed E-state index contributed by atoms with van der Waals surface area (Å²) in [6, 6.07) is 6.39. The molecule has 132 valence electrons. The number of hydrogen-bond donors (Lipinski definition) is 2. The van der Waals surface area contributed by atoms with E-state index in [2.05, 4.69) is 21.0 Å². The Balaban J connectivity index is 1.84. The maximum Gasteiger partial charge on any atom is 0.152 e. The van der Waals surface area contributed by atoms with E-state index in [-0.39, 0.29) is 0 Å². The van der Waals surface area contributed by atoms with Crippen LogP contribution in [0.4, 0.5) is 20.3 Å². The van der Waals surface area contributed by atoms with Gasteiger partial charge in [-0.05, 0) is 43.0 Å². The van der Waals surface area contributed by atoms with Crippen molar-refractivity contribution < 1.29 is 13.5 Å². The number of pyridine rings is 1. The quantitative estimate of drug-likeness (QED) is 0.610. The molecule has 1 aliphatic rings. The highest BCUT2D eigenvalue weighted by molar-refractivity contribution is 5.70. The van der Waals surface area contributed by atoms with Gasteiger partial charge >= 0.3 is 0 Å². The molecule has 0 radical (unpaired) electrons. The van der Waals surface area contributed by atoms with Gasteiger partial charge in [0.1, 0.15) is 17.3 Å². The third-order valence-corrected chi connectivity index (χ3v) is 4.12. The number of hydrogen-bond acceptors (Lipinski definition) is 5. The van der Waals surface area contributed by atoms with E-state index >= 15 is 0 Å². The molecule has 25 heavy (non-hydrogen) atoms. The van der Waals surface area contributed by atoms with Crippen LogP contribution in [0.15, 0.2) is 35.6 Å². The van der Waals surface area contributed by atoms with E-state index in [1.165, 1.54) is 12.1 Å². The molecule has 1 saturated heterocycles. The van der Waals surface area contributed by atoms with Crippen molar-refractivity contribution in [2.45, 2.75) is 12.8 Å². The number of ether oxygens (including phenoxy) is 1. The number of nitroso groups, excluding NO2 is 1. The minimum absolute atomic E-state index is 0.317. The molecule has 0 bridgehead atoms. The Hall–Kier alpha value is -2.61. The summed E-state index contributed by atoms with van der Waals surface area (Å²) in [7, 11) is 0. The van der Waals surface area contributed by atoms with Crippen molar-refractivity contribution in [1.82, 2.24) is 4.98 Å². The first-order valence-corrected chi connectivity index (χ1v) is 8.03. The van der Waals surface area contributed by atoms with Gasteiger partial charge in [0.2, 0.25) is 0 Å². The van der Waals surface area contributed by atoms with Crippen molar-refractivity contribution in [3.05, 3.63) is 46.9 Å². The largest absolute Gasteiger partial charge is 0.381 e. The fourth-order valence-electron chi connectivity index (χ4n) is 2.79. The van der Waals surface area contributed by atoms with Gasteiger partial charge in [-0.2, -0.15) is 0 Å². The van der Waals surface area contributed by atoms with Crippen molar-refractivity contribution in [3.8, 4) is 11.3 Å². The average Bonchev–Trinajstić information content (AvgIpc) is 2.61. The maximum absolute atomic E-state index is 13.4. The molecule has 0 saturated carbocycles. The molecule has 1 aromatic heterocycles. The van der Waals surface area contributed by atoms with Crippen LogP contribution < -0.4 is 10.7 Å². The van der Waals surface area contributed by atoms with Gasteiger partial charge in [-0.25, -0.2) is 19.2 Å². The maximum atomic E-state index is 13.4. The van der Waals surface area contributed by atoms with Crippen LogP contribution in [0, 0.1) is 22.5 Å². The molecule has 3 rings (SSSR count). The van der Waals surface area contributed by atoms with Gasteiger partial charge in [-0.3, -0.25) is 0 Å². The van der Waals surface area contributed by atoms with Crippen LogP contribution in [0.3, 0.4) is 0 Å². The normalized spacial score (nSPS) is 15.0. The third kappa shape index (κ3) is 4.48. The summed E-state index contributed by atoms with van der Waals surface area (Å²) in [6.45, 7) is 2.11. The number of anilines is 2. The standard InChI is InChI=1S/C17H18F2N4O2/c18-13-7-12(8-14(19)9-13)15-1-2-16(22-23-24)17(21-15)20-10-11-3-5-25-6-4-11/h1-2,7-9,11H,3-6,10H2,(H,20,21)(H,22,24). The molecule has 2 aromatic rings. The fourth-order valence-corrected chi connectivity index (χ4v) is 2.79. The molecule has 1 aromatic carbocycles. The molecule has 6 nitrogen and oxygen atoms in total. The SMILES string of the molecule is O=NNc1ccc(-c2cc(F)cc(F)c2)nc1NCC1CCOCC1. The molecule has 2 heterocycles. The Kier molecular flexibility index (Phi) is 5.49. The Morgan fingerprint density at radius 3 is 2.56 bits per heavy atom. The van der Waals surface area contributed by atoms with Crippen LogP contribution in [0.5, 0.6) is 0 Å². The molecule has 0 amide bonds. The highest BCUT2D eigenvalue weighted by atomic mass is 19.1. The predicted octanol–water partition coefficient (Wildman–Crippen LogP) is 3.96. The first-order valence-electron chi connectivity index (χ1n) is 8.03. The molecule has 0 atom stereocenters. The summed E-state index contributed by atoms with van der Waals surface area (Å²) in [5.41, 5.74) is 3.45. The summed E-state index contributed by atoms with van der Waals surface area (Å²) in [4.78, 5) is 14.9. The predicted molar refractivity (Wildman–Crippen MR) is 91.0 cm³/mol. The van der Waals surface area contributed by atoms with Crippen molar-refractivity contribution in [2.75, 3.05) is 30.5 Å². The lowest BCUT2D eigenvalue weighted by Gasteiger charge is -2.23. The second-order valence-electron chi connectivity index (χ2n) is 5.89. The van der Waals surface area contributed by atoms with Crippen molar-refractivity contribution in [3.63, 3.8) is 0 Å². The topological polar surface area (TPSA) is 75.6 Å². The van der Waals surface area contributed by atoms with E-state index in [0.717, 1.165) is 32.1 Å². The minimum Gasteiger partial charge on any atom is -0.381 e. The number of aromatic nitrogens is 1. The van der Waals surface area contributed by atoms with Crippen LogP contribution in [0.1, 0.15) is 12.8 Å². The van der Waals surface area contributed by atoms with Gasteiger partial charge in [0.25, 0.3) is 0 Å². The molecule has 0 unspecified atom stereocenters. The number of benzene rings is 1. The molecular weight excluding hydrogens is 330 g/mol. The van der Waals surface area contributed by atoms with Crippen molar-refractivity contribution >= 4 is 11.5 Å². The van der Waals surface area contributed by atoms with Gasteiger partial charge in [-0.15, -0.1) is 4.91 Å². The monoisotopic (exact) mass is 348 g/mol. The van der Waals surface area contributed by atoms with Crippen LogP contribution >= 0.6 is 0 Å². The third-order valence-electron chi connectivity index (χ3n) is 4.12. The smallest absolute Gasteiger partial charge is 0.152 e. The van der Waals surface area contributed by atoms with E-state index in [1.54, 1.807) is 12.1 Å². The summed E-state index contributed by atoms with van der Waals surface area (Å²) in [6.07, 6.45) is 1.88. The van der Waals surface area contributed by atoms with E-state index in [1.807, 2.05) is 0 Å². The van der Waals surface area contributed by atoms with Crippen LogP contribution in [0.25, 0.3) is 11.3 Å². The second-order valence-corrected chi connectivity index (χ2v) is 5.89. The fraction of sp³-hybridized carbons (Fsp3) is 0.353. The average molecular weight is 348 g/mol. The highest BCUT2D eigenvalue weighted by Crippen LogP contribution is 2.27. The Morgan fingerprint density at radius 2 is 1.88 bits per heavy atom.